The minimum atomic E-state index is -3.32. The monoisotopic (exact) mass is 1460 g/mol. The Morgan fingerprint density at radius 3 is 1.29 bits per heavy atom. The number of aromatic carboxylic acids is 1. The van der Waals surface area contributed by atoms with Gasteiger partial charge >= 0.3 is 11.9 Å². The number of hydrogen-bond donors (Lipinski definition) is 1. The fourth-order valence-corrected chi connectivity index (χ4v) is 13.4. The number of aromatic nitrogens is 4. The van der Waals surface area contributed by atoms with Gasteiger partial charge in [0.2, 0.25) is 20.0 Å². The molecule has 2 saturated heterocycles. The SMILES string of the molecule is CCOC(=O)c1cnc2ccc(F)cc2c1Br.CS(=O)(=O)N1CCN(C(=O)c2cnc3ccc(F)cc3c2Br)CC1.O=C(O)c1cnc2ccc(F)cc2c1Br.[C-]#[N+]C1(c2ccc(-c3c(C(=O)N4CCN(S(C)(=O)=O)CC4)cnc4ccc(F)cc34)cc2)CC1. The van der Waals surface area contributed by atoms with Gasteiger partial charge in [-0.05, 0) is 133 Å². The van der Waals surface area contributed by atoms with Crippen LogP contribution in [0.1, 0.15) is 66.8 Å². The molecule has 12 rings (SSSR count). The number of carbonyl (C=O) groups excluding carboxylic acids is 3. The number of carbonyl (C=O) groups is 4. The highest BCUT2D eigenvalue weighted by Crippen LogP contribution is 2.50. The van der Waals surface area contributed by atoms with Crippen LogP contribution in [0.15, 0.2) is 135 Å². The number of sulfonamides is 2. The third-order valence-electron chi connectivity index (χ3n) is 14.9. The number of halogens is 7. The summed E-state index contributed by atoms with van der Waals surface area (Å²) in [7, 11) is -6.57. The molecule has 0 spiro atoms. The minimum Gasteiger partial charge on any atom is -0.478 e. The number of carboxylic acids is 1. The van der Waals surface area contributed by atoms with Crippen molar-refractivity contribution in [3.63, 3.8) is 0 Å². The second-order valence-electron chi connectivity index (χ2n) is 20.8. The van der Waals surface area contributed by atoms with E-state index in [0.29, 0.717) is 92.4 Å². The van der Waals surface area contributed by atoms with Gasteiger partial charge in [-0.1, -0.05) is 24.3 Å². The Bertz CT molecular complexity index is 4610. The standard InChI is InChI=1S/C25H23FN4O3S.C15H15BrFN3O3S.C12H9BrFNO2.C10H5BrFNO2/c1-27-25(9-10-25)18-5-3-17(4-6-18)23-20-15-19(26)7-8-22(20)28-16-21(23)24(31)29-11-13-30(14-12-29)34(2,32)33;1-24(22,23)20-6-4-19(5-7-20)15(21)12-9-18-13-3-2-10(17)8-11(13)14(12)16;1-2-17-12(16)9-6-15-10-4-3-7(14)5-8(10)11(9)13;11-9-6-3-5(12)1-2-8(6)13-4-7(9)10(14)15/h3-8,15-16H,9-14H2,2H3;2-3,8-9H,4-7H2,1H3;3-6H,2H2,1H3;1-4H,(H,14,15). The fourth-order valence-electron chi connectivity index (χ4n) is 10.0. The number of fused-ring (bicyclic) bond motifs is 4. The van der Waals surface area contributed by atoms with E-state index in [1.807, 2.05) is 24.3 Å². The predicted octanol–water partition coefficient (Wildman–Crippen LogP) is 11.7. The van der Waals surface area contributed by atoms with Crippen LogP contribution in [-0.2, 0) is 30.3 Å². The van der Waals surface area contributed by atoms with Gasteiger partial charge in [0.05, 0.1) is 63.4 Å². The smallest absolute Gasteiger partial charge is 0.340 e. The molecule has 9 aromatic rings. The molecular weight excluding hydrogens is 1410 g/mol. The van der Waals surface area contributed by atoms with Crippen LogP contribution < -0.4 is 0 Å². The van der Waals surface area contributed by atoms with Gasteiger partial charge in [0, 0.05) is 136 Å². The third kappa shape index (κ3) is 14.9. The van der Waals surface area contributed by atoms with E-state index >= 15 is 0 Å². The Hall–Kier alpha value is -7.91. The molecular formula is C62H52Br3F4N9O10S2. The zero-order valence-corrected chi connectivity index (χ0v) is 54.3. The van der Waals surface area contributed by atoms with Crippen LogP contribution in [0.5, 0.6) is 0 Å². The molecule has 0 unspecified atom stereocenters. The highest BCUT2D eigenvalue weighted by molar-refractivity contribution is 9.11. The molecule has 5 aromatic carbocycles. The summed E-state index contributed by atoms with van der Waals surface area (Å²) in [4.78, 5) is 72.2. The zero-order chi connectivity index (χ0) is 65.0. The molecule has 2 amide bonds. The van der Waals surface area contributed by atoms with Gasteiger partial charge in [-0.15, -0.1) is 0 Å². The summed E-state index contributed by atoms with van der Waals surface area (Å²) in [6, 6.07) is 24.3. The van der Waals surface area contributed by atoms with Gasteiger partial charge in [-0.3, -0.25) is 29.5 Å². The Morgan fingerprint density at radius 2 is 0.900 bits per heavy atom. The van der Waals surface area contributed by atoms with Gasteiger partial charge in [0.25, 0.3) is 17.4 Å². The summed E-state index contributed by atoms with van der Waals surface area (Å²) >= 11 is 9.77. The molecule has 4 aromatic heterocycles. The number of benzene rings is 5. The molecule has 2 aliphatic heterocycles. The van der Waals surface area contributed by atoms with E-state index in [4.69, 9.17) is 16.4 Å². The number of ether oxygens (including phenoxy) is 1. The van der Waals surface area contributed by atoms with Gasteiger partial charge in [0.1, 0.15) is 23.3 Å². The second kappa shape index (κ2) is 27.7. The molecule has 90 heavy (non-hydrogen) atoms. The lowest BCUT2D eigenvalue weighted by Gasteiger charge is -2.33. The highest BCUT2D eigenvalue weighted by atomic mass is 79.9. The van der Waals surface area contributed by atoms with Crippen molar-refractivity contribution in [3.05, 3.63) is 198 Å². The lowest BCUT2D eigenvalue weighted by molar-refractivity contribution is 0.0523. The lowest BCUT2D eigenvalue weighted by Crippen LogP contribution is -2.50. The summed E-state index contributed by atoms with van der Waals surface area (Å²) in [5, 5.41) is 10.9. The molecule has 0 bridgehead atoms. The van der Waals surface area contributed by atoms with Crippen molar-refractivity contribution in [2.45, 2.75) is 25.3 Å². The quantitative estimate of drug-likeness (QED) is 0.0804. The molecule has 1 aliphatic carbocycles. The molecule has 0 radical (unpaired) electrons. The Balaban J connectivity index is 0.000000150. The van der Waals surface area contributed by atoms with E-state index in [0.717, 1.165) is 36.5 Å². The first kappa shape index (κ1) is 66.5. The number of hydrogen-bond acceptors (Lipinski definition) is 13. The van der Waals surface area contributed by atoms with Crippen LogP contribution >= 0.6 is 47.8 Å². The van der Waals surface area contributed by atoms with Crippen LogP contribution in [0, 0.1) is 29.8 Å². The summed E-state index contributed by atoms with van der Waals surface area (Å²) in [6.45, 7) is 11.6. The largest absolute Gasteiger partial charge is 0.478 e. The first-order valence-electron chi connectivity index (χ1n) is 27.4. The molecule has 28 heteroatoms. The van der Waals surface area contributed by atoms with E-state index < -0.39 is 55.0 Å². The molecule has 466 valence electrons. The van der Waals surface area contributed by atoms with E-state index in [-0.39, 0.29) is 69.1 Å². The Kier molecular flexibility index (Phi) is 20.5. The maximum Gasteiger partial charge on any atom is 0.340 e. The minimum absolute atomic E-state index is 0.0214. The highest BCUT2D eigenvalue weighted by Gasteiger charge is 2.52. The maximum atomic E-state index is 14.2. The van der Waals surface area contributed by atoms with Crippen molar-refractivity contribution in [1.82, 2.24) is 38.3 Å². The summed E-state index contributed by atoms with van der Waals surface area (Å²) < 4.78 is 109. The number of carboxylic acid groups (broad SMARTS) is 1. The van der Waals surface area contributed by atoms with Crippen LogP contribution in [0.25, 0.3) is 59.6 Å². The molecule has 6 heterocycles. The number of piperazine rings is 2. The van der Waals surface area contributed by atoms with Crippen molar-refractivity contribution in [1.29, 1.82) is 0 Å². The van der Waals surface area contributed by atoms with Crippen LogP contribution in [-0.4, -0.2) is 156 Å². The molecule has 0 atom stereocenters. The van der Waals surface area contributed by atoms with Crippen molar-refractivity contribution in [2.75, 3.05) is 71.5 Å². The maximum absolute atomic E-state index is 14.2. The molecule has 1 N–H and O–H groups in total. The fraction of sp³-hybridized carbons (Fsp3) is 0.242. The average Bonchev–Trinajstić information content (AvgIpc) is 1.29. The van der Waals surface area contributed by atoms with Crippen LogP contribution in [0.2, 0.25) is 0 Å². The molecule has 19 nitrogen and oxygen atoms in total. The van der Waals surface area contributed by atoms with Gasteiger partial charge in [0.15, 0.2) is 0 Å². The van der Waals surface area contributed by atoms with Crippen LogP contribution in [0.4, 0.5) is 17.6 Å². The first-order valence-corrected chi connectivity index (χ1v) is 33.5. The van der Waals surface area contributed by atoms with E-state index in [1.165, 1.54) is 88.0 Å². The zero-order valence-electron chi connectivity index (χ0n) is 47.9. The van der Waals surface area contributed by atoms with Gasteiger partial charge in [-0.25, -0.2) is 50.6 Å². The molecule has 1 saturated carbocycles. The van der Waals surface area contributed by atoms with Crippen molar-refractivity contribution in [2.24, 2.45) is 0 Å². The Morgan fingerprint density at radius 1 is 0.544 bits per heavy atom. The summed E-state index contributed by atoms with van der Waals surface area (Å²) in [5.74, 6) is -3.73. The third-order valence-corrected chi connectivity index (χ3v) is 20.1. The predicted molar refractivity (Wildman–Crippen MR) is 340 cm³/mol. The number of pyridine rings is 4. The average molecular weight is 1460 g/mol. The van der Waals surface area contributed by atoms with Crippen molar-refractivity contribution < 1.29 is 63.4 Å². The van der Waals surface area contributed by atoms with Crippen molar-refractivity contribution >= 4 is 135 Å². The van der Waals surface area contributed by atoms with Gasteiger partial charge in [-0.2, -0.15) is 8.61 Å². The summed E-state index contributed by atoms with van der Waals surface area (Å²) in [6.07, 6.45) is 9.61. The lowest BCUT2D eigenvalue weighted by atomic mass is 9.93. The first-order chi connectivity index (χ1) is 42.7. The second-order valence-corrected chi connectivity index (χ2v) is 27.1. The normalized spacial score (nSPS) is 14.9. The number of esters is 1. The van der Waals surface area contributed by atoms with Gasteiger partial charge < -0.3 is 24.5 Å². The molecule has 3 fully saturated rings. The van der Waals surface area contributed by atoms with E-state index in [1.54, 1.807) is 34.9 Å². The number of nitrogens with zero attached hydrogens (tertiary/aromatic N) is 9. The summed E-state index contributed by atoms with van der Waals surface area (Å²) in [5.41, 5.74) is 5.13. The van der Waals surface area contributed by atoms with E-state index in [9.17, 15) is 53.6 Å². The Labute approximate surface area is 539 Å². The topological polar surface area (TPSA) is 235 Å². The van der Waals surface area contributed by atoms with E-state index in [2.05, 4.69) is 72.6 Å². The number of rotatable bonds is 9. The number of amides is 2. The van der Waals surface area contributed by atoms with Crippen LogP contribution in [0.3, 0.4) is 0 Å². The van der Waals surface area contributed by atoms with Crippen molar-refractivity contribution in [3.8, 4) is 11.1 Å². The molecule has 3 aliphatic rings.